The Bertz CT molecular complexity index is 899. The third-order valence-corrected chi connectivity index (χ3v) is 5.49. The highest BCUT2D eigenvalue weighted by atomic mass is 32.1. The SMILES string of the molecule is Cc1cnc(N2CCN(C(=O)Cc3cnc4ccccc4c3)CC2)s1. The molecule has 0 N–H and O–H groups in total. The minimum absolute atomic E-state index is 0.173. The third-order valence-electron chi connectivity index (χ3n) is 4.51. The van der Waals surface area contributed by atoms with Gasteiger partial charge in [0.2, 0.25) is 5.91 Å². The first kappa shape index (κ1) is 16.0. The van der Waals surface area contributed by atoms with Crippen LogP contribution >= 0.6 is 11.3 Å². The fraction of sp³-hybridized carbons (Fsp3) is 0.316. The number of para-hydroxylation sites is 1. The Morgan fingerprint density at radius 2 is 1.92 bits per heavy atom. The van der Waals surface area contributed by atoms with E-state index in [1.54, 1.807) is 11.3 Å². The molecule has 1 saturated heterocycles. The molecule has 0 unspecified atom stereocenters. The van der Waals surface area contributed by atoms with Crippen LogP contribution in [-0.2, 0) is 11.2 Å². The van der Waals surface area contributed by atoms with Crippen LogP contribution in [0.4, 0.5) is 5.13 Å². The molecule has 25 heavy (non-hydrogen) atoms. The van der Waals surface area contributed by atoms with Gasteiger partial charge in [0, 0.05) is 48.8 Å². The van der Waals surface area contributed by atoms with Crippen LogP contribution in [0.15, 0.2) is 42.7 Å². The Balaban J connectivity index is 1.38. The maximum Gasteiger partial charge on any atom is 0.227 e. The van der Waals surface area contributed by atoms with Gasteiger partial charge in [0.15, 0.2) is 5.13 Å². The summed E-state index contributed by atoms with van der Waals surface area (Å²) < 4.78 is 0. The van der Waals surface area contributed by atoms with Crippen LogP contribution in [0.1, 0.15) is 10.4 Å². The van der Waals surface area contributed by atoms with Crippen molar-refractivity contribution in [3.05, 3.63) is 53.2 Å². The Morgan fingerprint density at radius 3 is 2.68 bits per heavy atom. The number of anilines is 1. The third kappa shape index (κ3) is 3.49. The number of fused-ring (bicyclic) bond motifs is 1. The Kier molecular flexibility index (Phi) is 4.36. The molecule has 1 aliphatic rings. The first-order chi connectivity index (χ1) is 12.2. The molecule has 5 nitrogen and oxygen atoms in total. The number of thiazole rings is 1. The van der Waals surface area contributed by atoms with Crippen LogP contribution in [0.5, 0.6) is 0 Å². The minimum atomic E-state index is 0.173. The maximum atomic E-state index is 12.6. The van der Waals surface area contributed by atoms with Crippen LogP contribution in [0.3, 0.4) is 0 Å². The van der Waals surface area contributed by atoms with Gasteiger partial charge in [-0.25, -0.2) is 4.98 Å². The van der Waals surface area contributed by atoms with Crippen LogP contribution in [0.2, 0.25) is 0 Å². The number of amides is 1. The summed E-state index contributed by atoms with van der Waals surface area (Å²) in [6.07, 6.45) is 4.13. The highest BCUT2D eigenvalue weighted by molar-refractivity contribution is 7.15. The highest BCUT2D eigenvalue weighted by Gasteiger charge is 2.22. The Hall–Kier alpha value is -2.47. The molecule has 1 aliphatic heterocycles. The molecule has 0 spiro atoms. The molecule has 6 heteroatoms. The van der Waals surface area contributed by atoms with Crippen molar-refractivity contribution < 1.29 is 4.79 Å². The average molecular weight is 352 g/mol. The Labute approximate surface area is 150 Å². The molecule has 0 bridgehead atoms. The lowest BCUT2D eigenvalue weighted by Crippen LogP contribution is -2.49. The standard InChI is InChI=1S/C19H20N4OS/c1-14-12-21-19(25-14)23-8-6-22(7-9-23)18(24)11-15-10-16-4-2-3-5-17(16)20-13-15/h2-5,10,12-13H,6-9,11H2,1H3. The van der Waals surface area contributed by atoms with E-state index in [1.807, 2.05) is 41.6 Å². The predicted octanol–water partition coefficient (Wildman–Crippen LogP) is 2.89. The summed E-state index contributed by atoms with van der Waals surface area (Å²) in [6.45, 7) is 5.25. The molecule has 0 atom stereocenters. The van der Waals surface area contributed by atoms with Crippen molar-refractivity contribution in [3.8, 4) is 0 Å². The lowest BCUT2D eigenvalue weighted by atomic mass is 10.1. The van der Waals surface area contributed by atoms with E-state index in [2.05, 4.69) is 27.9 Å². The largest absolute Gasteiger partial charge is 0.345 e. The van der Waals surface area contributed by atoms with Gasteiger partial charge in [-0.05, 0) is 24.6 Å². The predicted molar refractivity (Wildman–Crippen MR) is 101 cm³/mol. The molecule has 3 aromatic rings. The van der Waals surface area contributed by atoms with Crippen LogP contribution in [0.25, 0.3) is 10.9 Å². The van der Waals surface area contributed by atoms with Gasteiger partial charge in [0.1, 0.15) is 0 Å². The zero-order chi connectivity index (χ0) is 17.2. The number of nitrogens with zero attached hydrogens (tertiary/aromatic N) is 4. The second-order valence-electron chi connectivity index (χ2n) is 6.33. The van der Waals surface area contributed by atoms with Crippen LogP contribution < -0.4 is 4.90 Å². The van der Waals surface area contributed by atoms with Gasteiger partial charge in [-0.1, -0.05) is 18.2 Å². The van der Waals surface area contributed by atoms with Gasteiger partial charge >= 0.3 is 0 Å². The summed E-state index contributed by atoms with van der Waals surface area (Å²) in [6, 6.07) is 10.1. The number of hydrogen-bond donors (Lipinski definition) is 0. The van der Waals surface area contributed by atoms with Gasteiger partial charge in [-0.3, -0.25) is 9.78 Å². The van der Waals surface area contributed by atoms with E-state index in [0.29, 0.717) is 6.42 Å². The monoisotopic (exact) mass is 352 g/mol. The Morgan fingerprint density at radius 1 is 1.12 bits per heavy atom. The number of carbonyl (C=O) groups is 1. The molecule has 0 aliphatic carbocycles. The first-order valence-corrected chi connectivity index (χ1v) is 9.29. The molecule has 3 heterocycles. The molecule has 128 valence electrons. The maximum absolute atomic E-state index is 12.6. The number of carbonyl (C=O) groups excluding carboxylic acids is 1. The van der Waals surface area contributed by atoms with Crippen molar-refractivity contribution in [3.63, 3.8) is 0 Å². The van der Waals surface area contributed by atoms with Crippen molar-refractivity contribution >= 4 is 33.3 Å². The average Bonchev–Trinajstić information content (AvgIpc) is 3.08. The van der Waals surface area contributed by atoms with E-state index in [9.17, 15) is 4.79 Å². The molecular formula is C19H20N4OS. The second-order valence-corrected chi connectivity index (χ2v) is 7.55. The number of pyridine rings is 1. The van der Waals surface area contributed by atoms with Crippen molar-refractivity contribution in [1.82, 2.24) is 14.9 Å². The van der Waals surface area contributed by atoms with E-state index in [1.165, 1.54) is 4.88 Å². The number of aromatic nitrogens is 2. The van der Waals surface area contributed by atoms with Gasteiger partial charge < -0.3 is 9.80 Å². The van der Waals surface area contributed by atoms with Gasteiger partial charge in [0.05, 0.1) is 11.9 Å². The molecule has 1 aromatic carbocycles. The number of piperazine rings is 1. The zero-order valence-electron chi connectivity index (χ0n) is 14.2. The number of benzene rings is 1. The molecule has 0 saturated carbocycles. The number of hydrogen-bond acceptors (Lipinski definition) is 5. The van der Waals surface area contributed by atoms with Gasteiger partial charge in [-0.2, -0.15) is 0 Å². The van der Waals surface area contributed by atoms with Crippen LogP contribution in [0, 0.1) is 6.92 Å². The number of aryl methyl sites for hydroxylation is 1. The topological polar surface area (TPSA) is 49.3 Å². The minimum Gasteiger partial charge on any atom is -0.345 e. The van der Waals surface area contributed by atoms with E-state index in [0.717, 1.165) is 47.8 Å². The van der Waals surface area contributed by atoms with E-state index in [4.69, 9.17) is 0 Å². The van der Waals surface area contributed by atoms with Crippen molar-refractivity contribution in [2.24, 2.45) is 0 Å². The smallest absolute Gasteiger partial charge is 0.227 e. The summed E-state index contributed by atoms with van der Waals surface area (Å²) in [4.78, 5) is 26.9. The first-order valence-electron chi connectivity index (χ1n) is 8.48. The second kappa shape index (κ2) is 6.80. The van der Waals surface area contributed by atoms with Crippen molar-refractivity contribution in [2.75, 3.05) is 31.1 Å². The van der Waals surface area contributed by atoms with E-state index < -0.39 is 0 Å². The van der Waals surface area contributed by atoms with Crippen molar-refractivity contribution in [1.29, 1.82) is 0 Å². The fourth-order valence-corrected chi connectivity index (χ4v) is 3.95. The van der Waals surface area contributed by atoms with E-state index >= 15 is 0 Å². The normalized spacial score (nSPS) is 14.9. The van der Waals surface area contributed by atoms with Crippen LogP contribution in [-0.4, -0.2) is 47.0 Å². The zero-order valence-corrected chi connectivity index (χ0v) is 15.0. The fourth-order valence-electron chi connectivity index (χ4n) is 3.14. The molecule has 4 rings (SSSR count). The molecular weight excluding hydrogens is 332 g/mol. The lowest BCUT2D eigenvalue weighted by Gasteiger charge is -2.34. The quantitative estimate of drug-likeness (QED) is 0.727. The van der Waals surface area contributed by atoms with E-state index in [-0.39, 0.29) is 5.91 Å². The lowest BCUT2D eigenvalue weighted by molar-refractivity contribution is -0.130. The molecule has 1 amide bonds. The molecule has 0 radical (unpaired) electrons. The molecule has 1 fully saturated rings. The van der Waals surface area contributed by atoms with Crippen molar-refractivity contribution in [2.45, 2.75) is 13.3 Å². The summed E-state index contributed by atoms with van der Waals surface area (Å²) >= 11 is 1.71. The summed E-state index contributed by atoms with van der Waals surface area (Å²) in [5.41, 5.74) is 1.94. The highest BCUT2D eigenvalue weighted by Crippen LogP contribution is 2.23. The van der Waals surface area contributed by atoms with Gasteiger partial charge in [-0.15, -0.1) is 11.3 Å². The summed E-state index contributed by atoms with van der Waals surface area (Å²) in [5.74, 6) is 0.173. The summed E-state index contributed by atoms with van der Waals surface area (Å²) in [7, 11) is 0. The molecule has 2 aromatic heterocycles. The number of rotatable bonds is 3. The summed E-state index contributed by atoms with van der Waals surface area (Å²) in [5, 5.41) is 2.14. The van der Waals surface area contributed by atoms with Gasteiger partial charge in [0.25, 0.3) is 0 Å².